The van der Waals surface area contributed by atoms with Gasteiger partial charge in [0.25, 0.3) is 11.8 Å². The van der Waals surface area contributed by atoms with Gasteiger partial charge in [0.1, 0.15) is 5.70 Å². The molecule has 2 aromatic carbocycles. The zero-order valence-corrected chi connectivity index (χ0v) is 20.2. The first kappa shape index (κ1) is 23.1. The van der Waals surface area contributed by atoms with Crippen molar-refractivity contribution in [3.63, 3.8) is 0 Å². The zero-order chi connectivity index (χ0) is 23.7. The normalized spacial score (nSPS) is 21.2. The van der Waals surface area contributed by atoms with Gasteiger partial charge in [-0.2, -0.15) is 0 Å². The lowest BCUT2D eigenvalue weighted by Crippen LogP contribution is -2.47. The van der Waals surface area contributed by atoms with Gasteiger partial charge in [-0.1, -0.05) is 29.8 Å². The van der Waals surface area contributed by atoms with E-state index >= 15 is 0 Å². The Morgan fingerprint density at radius 3 is 2.00 bits per heavy atom. The van der Waals surface area contributed by atoms with Gasteiger partial charge in [-0.15, -0.1) is 0 Å². The van der Waals surface area contributed by atoms with Crippen LogP contribution in [0.4, 0.5) is 11.4 Å². The number of anilines is 2. The van der Waals surface area contributed by atoms with Gasteiger partial charge in [0, 0.05) is 31.9 Å². The van der Waals surface area contributed by atoms with Crippen LogP contribution >= 0.6 is 0 Å². The molecule has 1 saturated heterocycles. The van der Waals surface area contributed by atoms with Crippen LogP contribution in [0, 0.1) is 6.92 Å². The fraction of sp³-hybridized carbons (Fsp3) is 0.407. The zero-order valence-electron chi connectivity index (χ0n) is 20.2. The molecule has 0 bridgehead atoms. The van der Waals surface area contributed by atoms with E-state index in [0.717, 1.165) is 29.9 Å². The number of hydrogen-bond acceptors (Lipinski definition) is 5. The summed E-state index contributed by atoms with van der Waals surface area (Å²) in [6, 6.07) is 15.5. The summed E-state index contributed by atoms with van der Waals surface area (Å²) in [5.74, 6) is -0.547. The topological polar surface area (TPSA) is 53.1 Å². The highest BCUT2D eigenvalue weighted by Crippen LogP contribution is 2.36. The summed E-state index contributed by atoms with van der Waals surface area (Å²) in [6.45, 7) is 13.2. The number of imide groups is 1. The minimum Gasteiger partial charge on any atom is -0.372 e. The molecule has 0 aromatic heterocycles. The van der Waals surface area contributed by atoms with Gasteiger partial charge in [-0.3, -0.25) is 9.59 Å². The van der Waals surface area contributed by atoms with Gasteiger partial charge >= 0.3 is 0 Å². The molecule has 2 aliphatic heterocycles. The van der Waals surface area contributed by atoms with Crippen LogP contribution in [0.2, 0.25) is 0 Å². The lowest BCUT2D eigenvalue weighted by Gasteiger charge is -2.37. The van der Waals surface area contributed by atoms with Crippen LogP contribution in [-0.4, -0.2) is 55.1 Å². The molecule has 2 aromatic rings. The first-order valence-electron chi connectivity index (χ1n) is 11.8. The Kier molecular flexibility index (Phi) is 6.56. The van der Waals surface area contributed by atoms with E-state index in [2.05, 4.69) is 18.7 Å². The van der Waals surface area contributed by atoms with Crippen LogP contribution in [0.3, 0.4) is 0 Å². The average Bonchev–Trinajstić information content (AvgIpc) is 3.05. The average molecular weight is 448 g/mol. The number of morpholine rings is 1. The quantitative estimate of drug-likeness (QED) is 0.620. The van der Waals surface area contributed by atoms with Crippen molar-refractivity contribution in [3.8, 4) is 0 Å². The van der Waals surface area contributed by atoms with Crippen LogP contribution in [0.25, 0.3) is 5.57 Å². The molecule has 2 atom stereocenters. The second kappa shape index (κ2) is 9.40. The maximum Gasteiger partial charge on any atom is 0.282 e. The molecule has 33 heavy (non-hydrogen) atoms. The first-order valence-corrected chi connectivity index (χ1v) is 11.8. The molecule has 0 aliphatic carbocycles. The Morgan fingerprint density at radius 2 is 1.45 bits per heavy atom. The fourth-order valence-corrected chi connectivity index (χ4v) is 4.79. The molecule has 0 spiro atoms. The molecule has 0 N–H and O–H groups in total. The van der Waals surface area contributed by atoms with Gasteiger partial charge in [0.05, 0.1) is 23.5 Å². The summed E-state index contributed by atoms with van der Waals surface area (Å²) in [4.78, 5) is 33.1. The van der Waals surface area contributed by atoms with Crippen LogP contribution in [0.5, 0.6) is 0 Å². The maximum absolute atomic E-state index is 13.8. The van der Waals surface area contributed by atoms with Crippen LogP contribution in [-0.2, 0) is 14.3 Å². The summed E-state index contributed by atoms with van der Waals surface area (Å²) in [6.07, 6.45) is -0.0448. The molecule has 2 amide bonds. The molecular formula is C27H33N3O3. The Balaban J connectivity index is 1.75. The van der Waals surface area contributed by atoms with Gasteiger partial charge in [-0.25, -0.2) is 4.90 Å². The molecule has 6 heteroatoms. The van der Waals surface area contributed by atoms with Gasteiger partial charge in [0.2, 0.25) is 0 Å². The molecule has 0 radical (unpaired) electrons. The van der Waals surface area contributed by atoms with Gasteiger partial charge < -0.3 is 14.5 Å². The number of nitrogens with zero attached hydrogens (tertiary/aromatic N) is 3. The molecule has 0 saturated carbocycles. The third-order valence-corrected chi connectivity index (χ3v) is 6.37. The molecule has 1 fully saturated rings. The number of amides is 2. The Hall–Kier alpha value is -3.12. The van der Waals surface area contributed by atoms with Crippen molar-refractivity contribution in [1.29, 1.82) is 0 Å². The number of rotatable bonds is 6. The highest BCUT2D eigenvalue weighted by molar-refractivity contribution is 6.45. The standard InChI is InChI=1S/C27H33N3O3/c1-6-28(7-2)22-12-14-23(15-13-22)30-26(31)24(21-10-8-18(3)9-11-21)25(27(30)32)29-16-19(4)33-20(5)17-29/h8-15,19-20H,6-7,16-17H2,1-5H3. The van der Waals surface area contributed by atoms with E-state index in [4.69, 9.17) is 4.74 Å². The summed E-state index contributed by atoms with van der Waals surface area (Å²) in [5, 5.41) is 0. The number of aryl methyl sites for hydroxylation is 1. The van der Waals surface area contributed by atoms with Crippen molar-refractivity contribution in [1.82, 2.24) is 4.90 Å². The summed E-state index contributed by atoms with van der Waals surface area (Å²) in [7, 11) is 0. The second-order valence-electron chi connectivity index (χ2n) is 8.89. The summed E-state index contributed by atoms with van der Waals surface area (Å²) >= 11 is 0. The molecule has 2 aliphatic rings. The molecule has 6 nitrogen and oxygen atoms in total. The Morgan fingerprint density at radius 1 is 0.879 bits per heavy atom. The Labute approximate surface area is 196 Å². The lowest BCUT2D eigenvalue weighted by atomic mass is 10.0. The maximum atomic E-state index is 13.8. The van der Waals surface area contributed by atoms with E-state index in [1.54, 1.807) is 0 Å². The predicted octanol–water partition coefficient (Wildman–Crippen LogP) is 4.23. The molecule has 4 rings (SSSR count). The molecule has 2 unspecified atom stereocenters. The minimum absolute atomic E-state index is 0.0224. The predicted molar refractivity (Wildman–Crippen MR) is 132 cm³/mol. The molecule has 2 heterocycles. The fourth-order valence-electron chi connectivity index (χ4n) is 4.79. The van der Waals surface area contributed by atoms with Crippen molar-refractivity contribution in [3.05, 3.63) is 65.4 Å². The van der Waals surface area contributed by atoms with Crippen LogP contribution < -0.4 is 9.80 Å². The van der Waals surface area contributed by atoms with Crippen molar-refractivity contribution >= 4 is 28.8 Å². The first-order chi connectivity index (χ1) is 15.8. The number of benzene rings is 2. The number of carbonyl (C=O) groups excluding carboxylic acids is 2. The second-order valence-corrected chi connectivity index (χ2v) is 8.89. The van der Waals surface area contributed by atoms with E-state index in [1.807, 2.05) is 74.2 Å². The summed E-state index contributed by atoms with van der Waals surface area (Å²) in [5.41, 5.74) is 4.48. The van der Waals surface area contributed by atoms with Crippen molar-refractivity contribution in [2.24, 2.45) is 0 Å². The number of hydrogen-bond donors (Lipinski definition) is 0. The van der Waals surface area contributed by atoms with E-state index < -0.39 is 0 Å². The van der Waals surface area contributed by atoms with Crippen LogP contribution in [0.1, 0.15) is 38.8 Å². The van der Waals surface area contributed by atoms with Gasteiger partial charge in [-0.05, 0) is 64.4 Å². The monoisotopic (exact) mass is 447 g/mol. The van der Waals surface area contributed by atoms with E-state index in [9.17, 15) is 9.59 Å². The summed E-state index contributed by atoms with van der Waals surface area (Å²) < 4.78 is 5.88. The third-order valence-electron chi connectivity index (χ3n) is 6.37. The van der Waals surface area contributed by atoms with Crippen molar-refractivity contribution < 1.29 is 14.3 Å². The van der Waals surface area contributed by atoms with Gasteiger partial charge in [0.15, 0.2) is 0 Å². The van der Waals surface area contributed by atoms with E-state index in [-0.39, 0.29) is 24.0 Å². The highest BCUT2D eigenvalue weighted by atomic mass is 16.5. The molecular weight excluding hydrogens is 414 g/mol. The highest BCUT2D eigenvalue weighted by Gasteiger charge is 2.43. The molecule has 174 valence electrons. The van der Waals surface area contributed by atoms with Crippen molar-refractivity contribution in [2.75, 3.05) is 36.0 Å². The lowest BCUT2D eigenvalue weighted by molar-refractivity contribution is -0.121. The Bertz CT molecular complexity index is 1050. The third kappa shape index (κ3) is 4.40. The number of carbonyl (C=O) groups is 2. The van der Waals surface area contributed by atoms with Crippen molar-refractivity contribution in [2.45, 2.75) is 46.8 Å². The SMILES string of the molecule is CCN(CC)c1ccc(N2C(=O)C(c3ccc(C)cc3)=C(N3CC(C)OC(C)C3)C2=O)cc1. The number of ether oxygens (including phenoxy) is 1. The van der Waals surface area contributed by atoms with Crippen LogP contribution in [0.15, 0.2) is 54.2 Å². The largest absolute Gasteiger partial charge is 0.372 e. The smallest absolute Gasteiger partial charge is 0.282 e. The minimum atomic E-state index is -0.277. The van der Waals surface area contributed by atoms with E-state index in [0.29, 0.717) is 30.0 Å². The van der Waals surface area contributed by atoms with E-state index in [1.165, 1.54) is 4.90 Å².